The number of hydrogen-bond donors (Lipinski definition) is 2. The average Bonchev–Trinajstić information content (AvgIpc) is 3.05. The molecule has 1 fully saturated rings. The van der Waals surface area contributed by atoms with Gasteiger partial charge in [0, 0.05) is 12.5 Å². The number of nitrogens with one attached hydrogen (secondary N) is 1. The molecule has 1 saturated heterocycles. The number of carboxylic acid groups (broad SMARTS) is 1. The number of aliphatic carboxylic acids is 1. The van der Waals surface area contributed by atoms with E-state index in [1.165, 1.54) is 6.92 Å². The Bertz CT molecular complexity index is 455. The molecule has 0 aromatic carbocycles. The second-order valence-electron chi connectivity index (χ2n) is 5.21. The number of rotatable bonds is 7. The van der Waals surface area contributed by atoms with Gasteiger partial charge in [0.25, 0.3) is 0 Å². The number of carbonyl (C=O) groups is 4. The van der Waals surface area contributed by atoms with Gasteiger partial charge in [0.05, 0.1) is 14.2 Å². The highest BCUT2D eigenvalue weighted by Crippen LogP contribution is 2.21. The molecule has 0 unspecified atom stereocenters. The topological polar surface area (TPSA) is 128 Å². The largest absolute Gasteiger partial charge is 0.480 e. The third-order valence-corrected chi connectivity index (χ3v) is 3.75. The molecule has 1 amide bonds. The minimum atomic E-state index is -1.46. The maximum absolute atomic E-state index is 12.0. The molecule has 0 aromatic rings. The molecule has 1 aliphatic rings. The van der Waals surface area contributed by atoms with E-state index >= 15 is 0 Å². The summed E-state index contributed by atoms with van der Waals surface area (Å²) >= 11 is 0. The highest BCUT2D eigenvalue weighted by molar-refractivity contribution is 5.96. The van der Waals surface area contributed by atoms with Crippen molar-refractivity contribution in [2.45, 2.75) is 31.9 Å². The molecular weight excluding hydrogens is 310 g/mol. The quantitative estimate of drug-likeness (QED) is 0.464. The first-order valence-corrected chi connectivity index (χ1v) is 7.13. The fourth-order valence-corrected chi connectivity index (χ4v) is 2.42. The van der Waals surface area contributed by atoms with Gasteiger partial charge in [-0.05, 0) is 12.8 Å². The van der Waals surface area contributed by atoms with Gasteiger partial charge in [0.2, 0.25) is 5.91 Å². The fourth-order valence-electron chi connectivity index (χ4n) is 2.42. The molecule has 9 heteroatoms. The van der Waals surface area contributed by atoms with Gasteiger partial charge in [-0.15, -0.1) is 0 Å². The molecule has 0 spiro atoms. The molecule has 9 nitrogen and oxygen atoms in total. The number of carbonyl (C=O) groups excluding carboxylic acids is 3. The summed E-state index contributed by atoms with van der Waals surface area (Å²) in [6.45, 7) is 1.78. The van der Waals surface area contributed by atoms with Crippen LogP contribution in [0.2, 0.25) is 0 Å². The Morgan fingerprint density at radius 3 is 2.13 bits per heavy atom. The minimum absolute atomic E-state index is 0.429. The second-order valence-corrected chi connectivity index (χ2v) is 5.21. The van der Waals surface area contributed by atoms with Crippen molar-refractivity contribution in [3.63, 3.8) is 0 Å². The van der Waals surface area contributed by atoms with E-state index in [-0.39, 0.29) is 0 Å². The molecule has 0 saturated carbocycles. The van der Waals surface area contributed by atoms with Crippen molar-refractivity contribution in [2.75, 3.05) is 20.8 Å². The zero-order valence-electron chi connectivity index (χ0n) is 13.2. The van der Waals surface area contributed by atoms with Crippen LogP contribution in [0, 0.1) is 11.8 Å². The maximum atomic E-state index is 12.0. The van der Waals surface area contributed by atoms with Crippen molar-refractivity contribution in [1.29, 1.82) is 0 Å². The number of amides is 1. The van der Waals surface area contributed by atoms with E-state index in [2.05, 4.69) is 14.8 Å². The highest BCUT2D eigenvalue weighted by Gasteiger charge is 2.42. The zero-order valence-corrected chi connectivity index (χ0v) is 13.2. The van der Waals surface area contributed by atoms with Crippen LogP contribution < -0.4 is 5.32 Å². The van der Waals surface area contributed by atoms with Crippen molar-refractivity contribution >= 4 is 23.8 Å². The lowest BCUT2D eigenvalue weighted by Gasteiger charge is -2.26. The Hall–Kier alpha value is -2.16. The molecule has 0 aromatic heterocycles. The standard InChI is InChI=1S/C14H21NO8/c1-7(9(13(19)21-2)14(20)22-3)10(12(17)18)15-11(16)8-5-4-6-23-8/h7-10H,4-6H2,1-3H3,(H,15,16)(H,17,18)/t7-,8+,10+/m1/s1. The lowest BCUT2D eigenvalue weighted by molar-refractivity contribution is -0.163. The number of esters is 2. The third-order valence-electron chi connectivity index (χ3n) is 3.75. The molecule has 0 radical (unpaired) electrons. The third kappa shape index (κ3) is 4.65. The lowest BCUT2D eigenvalue weighted by Crippen LogP contribution is -2.52. The van der Waals surface area contributed by atoms with Crippen LogP contribution in [0.4, 0.5) is 0 Å². The normalized spacial score (nSPS) is 19.7. The van der Waals surface area contributed by atoms with Crippen molar-refractivity contribution in [3.05, 3.63) is 0 Å². The van der Waals surface area contributed by atoms with Gasteiger partial charge < -0.3 is 24.6 Å². The summed E-state index contributed by atoms with van der Waals surface area (Å²) in [5, 5.41) is 11.7. The van der Waals surface area contributed by atoms with Gasteiger partial charge in [-0.2, -0.15) is 0 Å². The Balaban J connectivity index is 2.92. The van der Waals surface area contributed by atoms with Crippen LogP contribution in [0.3, 0.4) is 0 Å². The van der Waals surface area contributed by atoms with Gasteiger partial charge >= 0.3 is 17.9 Å². The number of carboxylic acids is 1. The van der Waals surface area contributed by atoms with Crippen LogP contribution in [0.25, 0.3) is 0 Å². The van der Waals surface area contributed by atoms with E-state index in [9.17, 15) is 24.3 Å². The zero-order chi connectivity index (χ0) is 17.6. The number of ether oxygens (including phenoxy) is 3. The molecule has 3 atom stereocenters. The van der Waals surface area contributed by atoms with Gasteiger partial charge in [0.1, 0.15) is 12.1 Å². The molecule has 0 aliphatic carbocycles. The van der Waals surface area contributed by atoms with E-state index in [4.69, 9.17) is 4.74 Å². The minimum Gasteiger partial charge on any atom is -0.480 e. The molecule has 2 N–H and O–H groups in total. The molecule has 1 heterocycles. The first kappa shape index (κ1) is 18.9. The SMILES string of the molecule is COC(=O)C(C(=O)OC)[C@@H](C)[C@H](NC(=O)[C@@H]1CCCO1)C(=O)O. The second kappa shape index (κ2) is 8.47. The summed E-state index contributed by atoms with van der Waals surface area (Å²) < 4.78 is 14.2. The van der Waals surface area contributed by atoms with Gasteiger partial charge in [-0.3, -0.25) is 14.4 Å². The molecule has 1 aliphatic heterocycles. The molecule has 130 valence electrons. The predicted octanol–water partition coefficient (Wildman–Crippen LogP) is -0.667. The van der Waals surface area contributed by atoms with E-state index < -0.39 is 47.8 Å². The van der Waals surface area contributed by atoms with E-state index in [1.54, 1.807) is 0 Å². The molecule has 1 rings (SSSR count). The molecule has 0 bridgehead atoms. The van der Waals surface area contributed by atoms with Crippen molar-refractivity contribution in [2.24, 2.45) is 11.8 Å². The van der Waals surface area contributed by atoms with E-state index in [0.717, 1.165) is 14.2 Å². The Kier molecular flexibility index (Phi) is 6.95. The number of hydrogen-bond acceptors (Lipinski definition) is 7. The first-order valence-electron chi connectivity index (χ1n) is 7.13. The van der Waals surface area contributed by atoms with Crippen molar-refractivity contribution < 1.29 is 38.5 Å². The highest BCUT2D eigenvalue weighted by atomic mass is 16.5. The Labute approximate surface area is 133 Å². The van der Waals surface area contributed by atoms with Crippen LogP contribution in [-0.2, 0) is 33.4 Å². The average molecular weight is 331 g/mol. The Morgan fingerprint density at radius 1 is 1.17 bits per heavy atom. The summed E-state index contributed by atoms with van der Waals surface area (Å²) in [5.41, 5.74) is 0. The van der Waals surface area contributed by atoms with Gasteiger partial charge in [-0.1, -0.05) is 6.92 Å². The fraction of sp³-hybridized carbons (Fsp3) is 0.714. The van der Waals surface area contributed by atoms with Crippen LogP contribution in [-0.4, -0.2) is 61.9 Å². The van der Waals surface area contributed by atoms with Crippen LogP contribution in [0.15, 0.2) is 0 Å². The molecular formula is C14H21NO8. The van der Waals surface area contributed by atoms with Crippen LogP contribution >= 0.6 is 0 Å². The van der Waals surface area contributed by atoms with Crippen molar-refractivity contribution in [3.8, 4) is 0 Å². The summed E-state index contributed by atoms with van der Waals surface area (Å²) in [6, 6.07) is -1.46. The maximum Gasteiger partial charge on any atom is 0.326 e. The monoisotopic (exact) mass is 331 g/mol. The van der Waals surface area contributed by atoms with Gasteiger partial charge in [-0.25, -0.2) is 4.79 Å². The smallest absolute Gasteiger partial charge is 0.326 e. The van der Waals surface area contributed by atoms with E-state index in [0.29, 0.717) is 19.4 Å². The van der Waals surface area contributed by atoms with Crippen LogP contribution in [0.1, 0.15) is 19.8 Å². The van der Waals surface area contributed by atoms with E-state index in [1.807, 2.05) is 0 Å². The first-order chi connectivity index (χ1) is 10.8. The Morgan fingerprint density at radius 2 is 1.74 bits per heavy atom. The summed E-state index contributed by atoms with van der Waals surface area (Å²) in [6.07, 6.45) is 0.473. The predicted molar refractivity (Wildman–Crippen MR) is 75.2 cm³/mol. The number of methoxy groups -OCH3 is 2. The molecule has 23 heavy (non-hydrogen) atoms. The summed E-state index contributed by atoms with van der Waals surface area (Å²) in [7, 11) is 2.15. The van der Waals surface area contributed by atoms with Gasteiger partial charge in [0.15, 0.2) is 5.92 Å². The summed E-state index contributed by atoms with van der Waals surface area (Å²) in [5.74, 6) is -6.35. The van der Waals surface area contributed by atoms with Crippen molar-refractivity contribution in [1.82, 2.24) is 5.32 Å². The summed E-state index contributed by atoms with van der Waals surface area (Å²) in [4.78, 5) is 47.0. The lowest BCUT2D eigenvalue weighted by atomic mass is 9.87. The van der Waals surface area contributed by atoms with Crippen LogP contribution in [0.5, 0.6) is 0 Å².